The molecule has 252 valence electrons. The Morgan fingerprint density at radius 3 is 1.48 bits per heavy atom. The highest BCUT2D eigenvalue weighted by Crippen LogP contribution is 2.47. The van der Waals surface area contributed by atoms with Gasteiger partial charge in [-0.05, 0) is 102 Å². The summed E-state index contributed by atoms with van der Waals surface area (Å²) in [4.78, 5) is 2.41. The van der Waals surface area contributed by atoms with Crippen LogP contribution in [0.5, 0.6) is 0 Å². The third-order valence-electron chi connectivity index (χ3n) is 11.0. The first-order valence-electron chi connectivity index (χ1n) is 18.5. The standard InChI is InChI=1S/C52H33NO/c1-2-10-34(11-3-1)35-18-20-38(21-19-35)47-30-31-49(51-48-16-8-9-17-50(48)54-52(47)51)53(41-26-28-45-39(32-41)24-22-36-12-4-6-14-43(36)45)42-27-29-46-40(33-42)25-23-37-13-5-7-15-44(37)46/h1-33H. The van der Waals surface area contributed by atoms with Gasteiger partial charge < -0.3 is 9.32 Å². The summed E-state index contributed by atoms with van der Waals surface area (Å²) in [6.45, 7) is 0. The highest BCUT2D eigenvalue weighted by atomic mass is 16.3. The molecule has 0 fully saturated rings. The number of rotatable bonds is 5. The van der Waals surface area contributed by atoms with Gasteiger partial charge in [0, 0.05) is 22.3 Å². The van der Waals surface area contributed by atoms with E-state index in [4.69, 9.17) is 4.42 Å². The van der Waals surface area contributed by atoms with Gasteiger partial charge in [0.2, 0.25) is 0 Å². The molecule has 1 aromatic heterocycles. The number of hydrogen-bond donors (Lipinski definition) is 0. The van der Waals surface area contributed by atoms with Gasteiger partial charge in [-0.2, -0.15) is 0 Å². The molecule has 1 heterocycles. The minimum Gasteiger partial charge on any atom is -0.455 e. The molecule has 0 unspecified atom stereocenters. The van der Waals surface area contributed by atoms with Gasteiger partial charge in [0.25, 0.3) is 0 Å². The average molecular weight is 688 g/mol. The first-order valence-corrected chi connectivity index (χ1v) is 18.5. The monoisotopic (exact) mass is 687 g/mol. The third-order valence-corrected chi connectivity index (χ3v) is 11.0. The van der Waals surface area contributed by atoms with Gasteiger partial charge in [-0.3, -0.25) is 0 Å². The lowest BCUT2D eigenvalue weighted by molar-refractivity contribution is 0.670. The molecule has 0 amide bonds. The Hall–Kier alpha value is -7.16. The van der Waals surface area contributed by atoms with Crippen molar-refractivity contribution in [2.24, 2.45) is 0 Å². The zero-order valence-corrected chi connectivity index (χ0v) is 29.4. The number of fused-ring (bicyclic) bond motifs is 9. The Labute approximate surface area is 312 Å². The van der Waals surface area contributed by atoms with Crippen LogP contribution >= 0.6 is 0 Å². The number of hydrogen-bond acceptors (Lipinski definition) is 2. The molecule has 0 saturated heterocycles. The van der Waals surface area contributed by atoms with Gasteiger partial charge in [-0.15, -0.1) is 0 Å². The van der Waals surface area contributed by atoms with E-state index in [1.165, 1.54) is 54.2 Å². The second-order valence-electron chi connectivity index (χ2n) is 14.1. The maximum Gasteiger partial charge on any atom is 0.145 e. The molecule has 0 spiro atoms. The Kier molecular flexibility index (Phi) is 6.90. The van der Waals surface area contributed by atoms with E-state index >= 15 is 0 Å². The molecule has 0 N–H and O–H groups in total. The van der Waals surface area contributed by atoms with E-state index in [1.54, 1.807) is 0 Å². The zero-order valence-electron chi connectivity index (χ0n) is 29.4. The number of benzene rings is 10. The van der Waals surface area contributed by atoms with Gasteiger partial charge in [0.15, 0.2) is 0 Å². The minimum absolute atomic E-state index is 0.872. The topological polar surface area (TPSA) is 16.4 Å². The van der Waals surface area contributed by atoms with Crippen LogP contribution in [0.3, 0.4) is 0 Å². The molecule has 0 aliphatic rings. The summed E-state index contributed by atoms with van der Waals surface area (Å²) in [6, 6.07) is 72.3. The molecule has 0 bridgehead atoms. The van der Waals surface area contributed by atoms with Crippen molar-refractivity contribution in [3.05, 3.63) is 200 Å². The zero-order chi connectivity index (χ0) is 35.6. The van der Waals surface area contributed by atoms with Gasteiger partial charge in [0.05, 0.1) is 11.1 Å². The summed E-state index contributed by atoms with van der Waals surface area (Å²) in [6.07, 6.45) is 0. The summed E-state index contributed by atoms with van der Waals surface area (Å²) >= 11 is 0. The summed E-state index contributed by atoms with van der Waals surface area (Å²) in [7, 11) is 0. The van der Waals surface area contributed by atoms with E-state index in [-0.39, 0.29) is 0 Å². The largest absolute Gasteiger partial charge is 0.455 e. The van der Waals surface area contributed by atoms with E-state index in [0.29, 0.717) is 0 Å². The van der Waals surface area contributed by atoms with Crippen LogP contribution in [-0.2, 0) is 0 Å². The van der Waals surface area contributed by atoms with Gasteiger partial charge in [0.1, 0.15) is 11.2 Å². The molecule has 2 nitrogen and oxygen atoms in total. The maximum atomic E-state index is 6.83. The quantitative estimate of drug-likeness (QED) is 0.168. The fourth-order valence-corrected chi connectivity index (χ4v) is 8.40. The van der Waals surface area contributed by atoms with Crippen molar-refractivity contribution in [3.63, 3.8) is 0 Å². The number of anilines is 3. The van der Waals surface area contributed by atoms with Gasteiger partial charge >= 0.3 is 0 Å². The van der Waals surface area contributed by atoms with Gasteiger partial charge in [-0.25, -0.2) is 0 Å². The van der Waals surface area contributed by atoms with Crippen LogP contribution in [-0.4, -0.2) is 0 Å². The van der Waals surface area contributed by atoms with Crippen LogP contribution in [0, 0.1) is 0 Å². The Morgan fingerprint density at radius 1 is 0.333 bits per heavy atom. The van der Waals surface area contributed by atoms with Crippen molar-refractivity contribution in [1.29, 1.82) is 0 Å². The minimum atomic E-state index is 0.872. The van der Waals surface area contributed by atoms with Crippen LogP contribution in [0.4, 0.5) is 17.1 Å². The van der Waals surface area contributed by atoms with E-state index in [9.17, 15) is 0 Å². The van der Waals surface area contributed by atoms with Crippen molar-refractivity contribution >= 4 is 82.1 Å². The molecule has 54 heavy (non-hydrogen) atoms. The average Bonchev–Trinajstić information content (AvgIpc) is 3.64. The highest BCUT2D eigenvalue weighted by molar-refractivity contribution is 6.18. The molecule has 0 aliphatic heterocycles. The molecule has 11 aromatic rings. The fourth-order valence-electron chi connectivity index (χ4n) is 8.40. The smallest absolute Gasteiger partial charge is 0.145 e. The summed E-state index contributed by atoms with van der Waals surface area (Å²) in [5, 5.41) is 12.1. The molecule has 10 aromatic carbocycles. The molecule has 0 atom stereocenters. The molecule has 0 radical (unpaired) electrons. The first kappa shape index (κ1) is 30.5. The lowest BCUT2D eigenvalue weighted by atomic mass is 9.97. The van der Waals surface area contributed by atoms with E-state index in [2.05, 4.69) is 205 Å². The van der Waals surface area contributed by atoms with Crippen molar-refractivity contribution in [2.75, 3.05) is 4.90 Å². The number of para-hydroxylation sites is 1. The van der Waals surface area contributed by atoms with Crippen molar-refractivity contribution < 1.29 is 4.42 Å². The number of furan rings is 1. The maximum absolute atomic E-state index is 6.83. The summed E-state index contributed by atoms with van der Waals surface area (Å²) in [5.74, 6) is 0. The van der Waals surface area contributed by atoms with Crippen LogP contribution in [0.25, 0.3) is 87.3 Å². The van der Waals surface area contributed by atoms with Crippen LogP contribution in [0.15, 0.2) is 205 Å². The van der Waals surface area contributed by atoms with Crippen LogP contribution < -0.4 is 4.90 Å². The molecule has 0 saturated carbocycles. The predicted molar refractivity (Wildman–Crippen MR) is 229 cm³/mol. The second-order valence-corrected chi connectivity index (χ2v) is 14.1. The molecule has 11 rings (SSSR count). The Balaban J connectivity index is 1.16. The summed E-state index contributed by atoms with van der Waals surface area (Å²) in [5.41, 5.74) is 9.58. The lowest BCUT2D eigenvalue weighted by Gasteiger charge is -2.27. The van der Waals surface area contributed by atoms with Crippen LogP contribution in [0.2, 0.25) is 0 Å². The van der Waals surface area contributed by atoms with E-state index < -0.39 is 0 Å². The highest BCUT2D eigenvalue weighted by Gasteiger charge is 2.23. The Bertz CT molecular complexity index is 3090. The fraction of sp³-hybridized carbons (Fsp3) is 0. The van der Waals surface area contributed by atoms with Gasteiger partial charge in [-0.1, -0.05) is 158 Å². The molecular weight excluding hydrogens is 655 g/mol. The third kappa shape index (κ3) is 4.88. The van der Waals surface area contributed by atoms with Crippen LogP contribution in [0.1, 0.15) is 0 Å². The number of nitrogens with zero attached hydrogens (tertiary/aromatic N) is 1. The SMILES string of the molecule is c1ccc(-c2ccc(-c3ccc(N(c4ccc5c(ccc6ccccc65)c4)c4ccc5c(ccc6ccccc65)c4)c4c3oc3ccccc34)cc2)cc1. The summed E-state index contributed by atoms with van der Waals surface area (Å²) < 4.78 is 6.83. The lowest BCUT2D eigenvalue weighted by Crippen LogP contribution is -2.10. The Morgan fingerprint density at radius 2 is 0.833 bits per heavy atom. The second kappa shape index (κ2) is 12.2. The van der Waals surface area contributed by atoms with E-state index in [0.717, 1.165) is 50.1 Å². The molecule has 0 aliphatic carbocycles. The normalized spacial score (nSPS) is 11.7. The molecule has 2 heteroatoms. The van der Waals surface area contributed by atoms with E-state index in [1.807, 2.05) is 0 Å². The first-order chi connectivity index (χ1) is 26.8. The van der Waals surface area contributed by atoms with Crippen molar-refractivity contribution in [2.45, 2.75) is 0 Å². The van der Waals surface area contributed by atoms with Crippen molar-refractivity contribution in [1.82, 2.24) is 0 Å². The van der Waals surface area contributed by atoms with Crippen molar-refractivity contribution in [3.8, 4) is 22.3 Å². The predicted octanol–water partition coefficient (Wildman–Crippen LogP) is 15.0. The molecular formula is C52H33NO.